The highest BCUT2D eigenvalue weighted by Crippen LogP contribution is 2.31. The average molecular weight is 375 g/mol. The highest BCUT2D eigenvalue weighted by Gasteiger charge is 2.33. The van der Waals surface area contributed by atoms with Crippen LogP contribution in [0, 0.1) is 0 Å². The summed E-state index contributed by atoms with van der Waals surface area (Å²) in [4.78, 5) is -0.321. The van der Waals surface area contributed by atoms with E-state index in [9.17, 15) is 16.8 Å². The maximum atomic E-state index is 12.2. The Hall–Kier alpha value is -0.540. The third-order valence-corrected chi connectivity index (χ3v) is 7.30. The van der Waals surface area contributed by atoms with Crippen LogP contribution in [0.4, 0.5) is 5.69 Å². The summed E-state index contributed by atoms with van der Waals surface area (Å²) >= 11 is 11.6. The lowest BCUT2D eigenvalue weighted by molar-refractivity contribution is 0.537. The van der Waals surface area contributed by atoms with Crippen molar-refractivity contribution >= 4 is 48.7 Å². The minimum Gasteiger partial charge on any atom is -0.398 e. The Kier molecular flexibility index (Phi) is 5.22. The van der Waals surface area contributed by atoms with Crippen LogP contribution < -0.4 is 10.5 Å². The van der Waals surface area contributed by atoms with Gasteiger partial charge in [0.15, 0.2) is 9.84 Å². The first kappa shape index (κ1) is 18.5. The molecule has 0 amide bonds. The number of sulfone groups is 1. The van der Waals surface area contributed by atoms with E-state index in [0.717, 1.165) is 6.26 Å². The number of hydrogen-bond donors (Lipinski definition) is 2. The Balaban J connectivity index is 3.16. The smallest absolute Gasteiger partial charge is 0.244 e. The van der Waals surface area contributed by atoms with Crippen molar-refractivity contribution in [3.63, 3.8) is 0 Å². The standard InChI is InChI=1S/C11H16Cl2N2O4S2/c1-11(2,20(3,16)17)6-15-21(18,19)10-8(13)4-7(12)5-9(10)14/h4-5,15H,6,14H2,1-3H3. The Morgan fingerprint density at radius 1 is 1.19 bits per heavy atom. The summed E-state index contributed by atoms with van der Waals surface area (Å²) in [6, 6.07) is 2.50. The lowest BCUT2D eigenvalue weighted by atomic mass is 10.2. The fourth-order valence-electron chi connectivity index (χ4n) is 1.34. The number of nitrogens with one attached hydrogen (secondary N) is 1. The zero-order valence-electron chi connectivity index (χ0n) is 11.6. The van der Waals surface area contributed by atoms with Crippen LogP contribution in [-0.4, -0.2) is 34.4 Å². The van der Waals surface area contributed by atoms with E-state index < -0.39 is 24.6 Å². The summed E-state index contributed by atoms with van der Waals surface area (Å²) in [5, 5.41) is 0.0672. The van der Waals surface area contributed by atoms with Crippen LogP contribution in [-0.2, 0) is 19.9 Å². The summed E-state index contributed by atoms with van der Waals surface area (Å²) in [6.45, 7) is 2.52. The molecule has 0 aromatic heterocycles. The Labute approximate surface area is 134 Å². The molecule has 0 saturated carbocycles. The monoisotopic (exact) mass is 374 g/mol. The number of anilines is 1. The van der Waals surface area contributed by atoms with E-state index in [1.54, 1.807) is 0 Å². The van der Waals surface area contributed by atoms with Gasteiger partial charge in [-0.3, -0.25) is 0 Å². The van der Waals surface area contributed by atoms with Crippen LogP contribution in [0.15, 0.2) is 17.0 Å². The topological polar surface area (TPSA) is 106 Å². The molecule has 0 heterocycles. The van der Waals surface area contributed by atoms with E-state index in [1.807, 2.05) is 0 Å². The predicted octanol–water partition coefficient (Wildman–Crippen LogP) is 1.68. The highest BCUT2D eigenvalue weighted by molar-refractivity contribution is 7.92. The fraction of sp³-hybridized carbons (Fsp3) is 0.455. The van der Waals surface area contributed by atoms with E-state index in [-0.39, 0.29) is 27.2 Å². The van der Waals surface area contributed by atoms with E-state index in [2.05, 4.69) is 4.72 Å². The maximum absolute atomic E-state index is 12.2. The molecule has 1 rings (SSSR count). The second-order valence-electron chi connectivity index (χ2n) is 5.16. The average Bonchev–Trinajstić information content (AvgIpc) is 2.23. The van der Waals surface area contributed by atoms with Crippen molar-refractivity contribution in [2.45, 2.75) is 23.5 Å². The molecular weight excluding hydrogens is 359 g/mol. The number of benzene rings is 1. The van der Waals surface area contributed by atoms with Gasteiger partial charge in [-0.25, -0.2) is 21.6 Å². The number of halogens is 2. The second kappa shape index (κ2) is 5.92. The van der Waals surface area contributed by atoms with Crippen molar-refractivity contribution in [1.82, 2.24) is 4.72 Å². The van der Waals surface area contributed by atoms with Crippen molar-refractivity contribution in [3.05, 3.63) is 22.2 Å². The van der Waals surface area contributed by atoms with Crippen LogP contribution in [0.5, 0.6) is 0 Å². The van der Waals surface area contributed by atoms with Crippen molar-refractivity contribution in [1.29, 1.82) is 0 Å². The molecule has 1 aromatic carbocycles. The summed E-state index contributed by atoms with van der Waals surface area (Å²) in [5.74, 6) is 0. The number of nitrogens with two attached hydrogens (primary N) is 1. The summed E-state index contributed by atoms with van der Waals surface area (Å²) < 4.78 is 48.6. The largest absolute Gasteiger partial charge is 0.398 e. The molecule has 0 saturated heterocycles. The van der Waals surface area contributed by atoms with E-state index in [0.29, 0.717) is 0 Å². The molecule has 1 aromatic rings. The molecule has 0 aliphatic rings. The van der Waals surface area contributed by atoms with Gasteiger partial charge in [0.2, 0.25) is 10.0 Å². The minimum atomic E-state index is -4.06. The fourth-order valence-corrected chi connectivity index (χ4v) is 3.96. The van der Waals surface area contributed by atoms with Gasteiger partial charge in [-0.15, -0.1) is 0 Å². The number of rotatable bonds is 5. The van der Waals surface area contributed by atoms with Gasteiger partial charge in [0.05, 0.1) is 15.5 Å². The normalized spacial score (nSPS) is 13.4. The summed E-state index contributed by atoms with van der Waals surface area (Å²) in [6.07, 6.45) is 1.03. The van der Waals surface area contributed by atoms with Crippen LogP contribution >= 0.6 is 23.2 Å². The molecule has 10 heteroatoms. The van der Waals surface area contributed by atoms with Gasteiger partial charge >= 0.3 is 0 Å². The zero-order chi connectivity index (χ0) is 16.6. The molecule has 120 valence electrons. The molecule has 21 heavy (non-hydrogen) atoms. The van der Waals surface area contributed by atoms with Gasteiger partial charge in [-0.1, -0.05) is 23.2 Å². The molecule has 0 radical (unpaired) electrons. The first-order chi connectivity index (χ1) is 9.28. The first-order valence-electron chi connectivity index (χ1n) is 5.72. The molecule has 0 aliphatic heterocycles. The van der Waals surface area contributed by atoms with Gasteiger partial charge in [0.1, 0.15) is 4.90 Å². The van der Waals surface area contributed by atoms with Crippen LogP contribution in [0.2, 0.25) is 10.0 Å². The van der Waals surface area contributed by atoms with E-state index in [1.165, 1.54) is 26.0 Å². The zero-order valence-corrected chi connectivity index (χ0v) is 14.8. The van der Waals surface area contributed by atoms with Gasteiger partial charge in [-0.05, 0) is 26.0 Å². The first-order valence-corrected chi connectivity index (χ1v) is 9.85. The van der Waals surface area contributed by atoms with E-state index in [4.69, 9.17) is 28.9 Å². The van der Waals surface area contributed by atoms with Crippen molar-refractivity contribution in [2.24, 2.45) is 0 Å². The lowest BCUT2D eigenvalue weighted by Gasteiger charge is -2.23. The van der Waals surface area contributed by atoms with Gasteiger partial charge in [-0.2, -0.15) is 0 Å². The molecule has 0 spiro atoms. The number of hydrogen-bond acceptors (Lipinski definition) is 5. The summed E-state index contributed by atoms with van der Waals surface area (Å²) in [7, 11) is -7.51. The number of sulfonamides is 1. The molecule has 0 atom stereocenters. The van der Waals surface area contributed by atoms with Gasteiger partial charge in [0.25, 0.3) is 0 Å². The minimum absolute atomic E-state index is 0.114. The van der Waals surface area contributed by atoms with E-state index >= 15 is 0 Å². The highest BCUT2D eigenvalue weighted by atomic mass is 35.5. The lowest BCUT2D eigenvalue weighted by Crippen LogP contribution is -2.43. The second-order valence-corrected chi connectivity index (χ2v) is 10.4. The van der Waals surface area contributed by atoms with Crippen LogP contribution in [0.25, 0.3) is 0 Å². The third kappa shape index (κ3) is 4.23. The molecular formula is C11H16Cl2N2O4S2. The Morgan fingerprint density at radius 2 is 1.71 bits per heavy atom. The predicted molar refractivity (Wildman–Crippen MR) is 85.0 cm³/mol. The third-order valence-electron chi connectivity index (χ3n) is 3.00. The SMILES string of the molecule is CC(C)(CNS(=O)(=O)c1c(N)cc(Cl)cc1Cl)S(C)(=O)=O. The number of nitrogen functional groups attached to an aromatic ring is 1. The Morgan fingerprint density at radius 3 is 2.14 bits per heavy atom. The molecule has 3 N–H and O–H groups in total. The van der Waals surface area contributed by atoms with Gasteiger partial charge in [0, 0.05) is 17.8 Å². The summed E-state index contributed by atoms with van der Waals surface area (Å²) in [5.41, 5.74) is 5.51. The molecule has 6 nitrogen and oxygen atoms in total. The van der Waals surface area contributed by atoms with Crippen molar-refractivity contribution in [3.8, 4) is 0 Å². The van der Waals surface area contributed by atoms with Crippen LogP contribution in [0.1, 0.15) is 13.8 Å². The maximum Gasteiger partial charge on any atom is 0.244 e. The van der Waals surface area contributed by atoms with Gasteiger partial charge < -0.3 is 5.73 Å². The molecule has 0 unspecified atom stereocenters. The molecule has 0 bridgehead atoms. The van der Waals surface area contributed by atoms with Crippen LogP contribution in [0.3, 0.4) is 0 Å². The quantitative estimate of drug-likeness (QED) is 0.762. The van der Waals surface area contributed by atoms with Crippen molar-refractivity contribution < 1.29 is 16.8 Å². The molecule has 0 aliphatic carbocycles. The Bertz CT molecular complexity index is 735. The van der Waals surface area contributed by atoms with Crippen molar-refractivity contribution in [2.75, 3.05) is 18.5 Å². The molecule has 0 fully saturated rings.